The lowest BCUT2D eigenvalue weighted by Gasteiger charge is -2.31. The molecule has 4 nitrogen and oxygen atoms in total. The van der Waals surface area contributed by atoms with E-state index < -0.39 is 0 Å². The first-order valence-electron chi connectivity index (χ1n) is 6.02. The van der Waals surface area contributed by atoms with Crippen LogP contribution in [0, 0.1) is 0 Å². The van der Waals surface area contributed by atoms with Crippen molar-refractivity contribution in [3.63, 3.8) is 0 Å². The number of carbonyl (C=O) groups excluding carboxylic acids is 1. The molecular formula is C14H14N2O2. The predicted octanol–water partition coefficient (Wildman–Crippen LogP) is 2.09. The van der Waals surface area contributed by atoms with Gasteiger partial charge in [-0.3, -0.25) is 4.79 Å². The number of amides is 1. The Balaban J connectivity index is 2.15. The van der Waals surface area contributed by atoms with E-state index in [2.05, 4.69) is 4.98 Å². The molecule has 2 aromatic rings. The molecule has 92 valence electrons. The Bertz CT molecular complexity index is 606. The molecule has 1 aromatic carbocycles. The van der Waals surface area contributed by atoms with Crippen molar-refractivity contribution in [3.05, 3.63) is 35.9 Å². The minimum atomic E-state index is 0.0677. The molecule has 0 N–H and O–H groups in total. The monoisotopic (exact) mass is 242 g/mol. The zero-order valence-electron chi connectivity index (χ0n) is 10.2. The van der Waals surface area contributed by atoms with E-state index >= 15 is 0 Å². The van der Waals surface area contributed by atoms with Gasteiger partial charge in [0, 0.05) is 24.5 Å². The highest BCUT2D eigenvalue weighted by atomic mass is 16.5. The largest absolute Gasteiger partial charge is 0.481 e. The number of nitrogens with zero attached hydrogens (tertiary/aromatic N) is 2. The molecular weight excluding hydrogens is 228 g/mol. The number of benzene rings is 1. The van der Waals surface area contributed by atoms with Crippen molar-refractivity contribution in [2.45, 2.75) is 6.42 Å². The molecule has 0 saturated carbocycles. The van der Waals surface area contributed by atoms with Crippen molar-refractivity contribution in [2.24, 2.45) is 0 Å². The summed E-state index contributed by atoms with van der Waals surface area (Å²) in [6, 6.07) is 9.37. The van der Waals surface area contributed by atoms with E-state index in [1.807, 2.05) is 29.2 Å². The van der Waals surface area contributed by atoms with E-state index in [9.17, 15) is 4.79 Å². The van der Waals surface area contributed by atoms with Crippen molar-refractivity contribution in [1.82, 2.24) is 9.88 Å². The van der Waals surface area contributed by atoms with E-state index in [0.717, 1.165) is 30.4 Å². The Labute approximate surface area is 105 Å². The van der Waals surface area contributed by atoms with Crippen molar-refractivity contribution < 1.29 is 9.53 Å². The van der Waals surface area contributed by atoms with Crippen molar-refractivity contribution in [3.8, 4) is 5.88 Å². The Hall–Kier alpha value is -2.10. The van der Waals surface area contributed by atoms with Crippen LogP contribution in [0.3, 0.4) is 0 Å². The molecule has 1 saturated heterocycles. The zero-order valence-corrected chi connectivity index (χ0v) is 10.2. The van der Waals surface area contributed by atoms with Crippen LogP contribution in [-0.4, -0.2) is 36.0 Å². The summed E-state index contributed by atoms with van der Waals surface area (Å²) in [5.41, 5.74) is 1.47. The van der Waals surface area contributed by atoms with Crippen molar-refractivity contribution in [2.75, 3.05) is 20.2 Å². The third-order valence-electron chi connectivity index (χ3n) is 3.28. The highest BCUT2D eigenvalue weighted by molar-refractivity contribution is 6.06. The summed E-state index contributed by atoms with van der Waals surface area (Å²) in [4.78, 5) is 18.5. The Morgan fingerprint density at radius 1 is 1.33 bits per heavy atom. The van der Waals surface area contributed by atoms with Crippen LogP contribution >= 0.6 is 0 Å². The molecule has 0 unspecified atom stereocenters. The van der Waals surface area contributed by atoms with E-state index in [1.54, 1.807) is 13.2 Å². The maximum absolute atomic E-state index is 12.4. The molecule has 0 aliphatic carbocycles. The number of rotatable bonds is 2. The summed E-state index contributed by atoms with van der Waals surface area (Å²) in [6.45, 7) is 1.69. The minimum absolute atomic E-state index is 0.0677. The van der Waals surface area contributed by atoms with Crippen LogP contribution in [0.1, 0.15) is 16.8 Å². The summed E-state index contributed by atoms with van der Waals surface area (Å²) in [7, 11) is 1.56. The molecule has 1 aliphatic heterocycles. The van der Waals surface area contributed by atoms with Crippen molar-refractivity contribution in [1.29, 1.82) is 0 Å². The van der Waals surface area contributed by atoms with Gasteiger partial charge in [0.25, 0.3) is 5.91 Å². The number of para-hydroxylation sites is 1. The lowest BCUT2D eigenvalue weighted by Crippen LogP contribution is -2.42. The number of likely N-dealkylation sites (tertiary alicyclic amines) is 1. The first-order valence-corrected chi connectivity index (χ1v) is 6.02. The molecule has 0 bridgehead atoms. The SMILES string of the molecule is COc1cc(C(=O)N2CCC2)c2ccccc2n1. The molecule has 1 fully saturated rings. The van der Waals surface area contributed by atoms with Gasteiger partial charge in [0.2, 0.25) is 5.88 Å². The van der Waals surface area contributed by atoms with Crippen LogP contribution in [-0.2, 0) is 0 Å². The Morgan fingerprint density at radius 2 is 2.11 bits per heavy atom. The number of aromatic nitrogens is 1. The van der Waals surface area contributed by atoms with Gasteiger partial charge in [-0.15, -0.1) is 0 Å². The fourth-order valence-corrected chi connectivity index (χ4v) is 2.12. The van der Waals surface area contributed by atoms with Gasteiger partial charge in [0.15, 0.2) is 0 Å². The van der Waals surface area contributed by atoms with Crippen LogP contribution in [0.2, 0.25) is 0 Å². The van der Waals surface area contributed by atoms with Crippen molar-refractivity contribution >= 4 is 16.8 Å². The van der Waals surface area contributed by atoms with Crippen LogP contribution in [0.4, 0.5) is 0 Å². The lowest BCUT2D eigenvalue weighted by atomic mass is 10.1. The zero-order chi connectivity index (χ0) is 12.5. The van der Waals surface area contributed by atoms with E-state index in [-0.39, 0.29) is 5.91 Å². The van der Waals surface area contributed by atoms with Crippen LogP contribution in [0.5, 0.6) is 5.88 Å². The molecule has 1 amide bonds. The fraction of sp³-hybridized carbons (Fsp3) is 0.286. The second-order valence-corrected chi connectivity index (χ2v) is 4.38. The Kier molecular flexibility index (Phi) is 2.63. The quantitative estimate of drug-likeness (QED) is 0.809. The van der Waals surface area contributed by atoms with Crippen LogP contribution in [0.25, 0.3) is 10.9 Å². The van der Waals surface area contributed by atoms with Gasteiger partial charge in [0.1, 0.15) is 0 Å². The molecule has 0 spiro atoms. The highest BCUT2D eigenvalue weighted by Crippen LogP contribution is 2.24. The van der Waals surface area contributed by atoms with Gasteiger partial charge < -0.3 is 9.64 Å². The third-order valence-corrected chi connectivity index (χ3v) is 3.28. The number of ether oxygens (including phenoxy) is 1. The van der Waals surface area contributed by atoms with Gasteiger partial charge in [-0.1, -0.05) is 18.2 Å². The highest BCUT2D eigenvalue weighted by Gasteiger charge is 2.23. The average molecular weight is 242 g/mol. The number of hydrogen-bond donors (Lipinski definition) is 0. The molecule has 0 atom stereocenters. The lowest BCUT2D eigenvalue weighted by molar-refractivity contribution is 0.0653. The summed E-state index contributed by atoms with van der Waals surface area (Å²) in [6.07, 6.45) is 1.09. The predicted molar refractivity (Wildman–Crippen MR) is 68.8 cm³/mol. The number of pyridine rings is 1. The van der Waals surface area contributed by atoms with Gasteiger partial charge >= 0.3 is 0 Å². The molecule has 2 heterocycles. The number of hydrogen-bond acceptors (Lipinski definition) is 3. The third kappa shape index (κ3) is 1.70. The summed E-state index contributed by atoms with van der Waals surface area (Å²) < 4.78 is 5.16. The smallest absolute Gasteiger partial charge is 0.254 e. The topological polar surface area (TPSA) is 42.4 Å². The van der Waals surface area contributed by atoms with Gasteiger partial charge in [-0.05, 0) is 12.5 Å². The summed E-state index contributed by atoms with van der Waals surface area (Å²) >= 11 is 0. The molecule has 1 aromatic heterocycles. The van der Waals surface area contributed by atoms with Gasteiger partial charge in [0.05, 0.1) is 18.2 Å². The van der Waals surface area contributed by atoms with Crippen LogP contribution in [0.15, 0.2) is 30.3 Å². The molecule has 18 heavy (non-hydrogen) atoms. The second kappa shape index (κ2) is 4.29. The number of carbonyl (C=O) groups is 1. The first kappa shape index (κ1) is 11.0. The summed E-state index contributed by atoms with van der Waals surface area (Å²) in [5.74, 6) is 0.552. The standard InChI is InChI=1S/C14H14N2O2/c1-18-13-9-11(14(17)16-7-4-8-16)10-5-2-3-6-12(10)15-13/h2-3,5-6,9H,4,7-8H2,1H3. The fourth-order valence-electron chi connectivity index (χ4n) is 2.12. The van der Waals surface area contributed by atoms with E-state index in [0.29, 0.717) is 11.4 Å². The average Bonchev–Trinajstić information content (AvgIpc) is 2.35. The number of methoxy groups -OCH3 is 1. The molecule has 3 rings (SSSR count). The Morgan fingerprint density at radius 3 is 2.78 bits per heavy atom. The van der Waals surface area contributed by atoms with E-state index in [4.69, 9.17) is 4.74 Å². The van der Waals surface area contributed by atoms with Gasteiger partial charge in [-0.25, -0.2) is 4.98 Å². The maximum Gasteiger partial charge on any atom is 0.254 e. The first-order chi connectivity index (χ1) is 8.79. The summed E-state index contributed by atoms with van der Waals surface area (Å²) in [5, 5.41) is 0.884. The minimum Gasteiger partial charge on any atom is -0.481 e. The molecule has 1 aliphatic rings. The molecule has 4 heteroatoms. The van der Waals surface area contributed by atoms with E-state index in [1.165, 1.54) is 0 Å². The van der Waals surface area contributed by atoms with Crippen LogP contribution < -0.4 is 4.74 Å². The van der Waals surface area contributed by atoms with Gasteiger partial charge in [-0.2, -0.15) is 0 Å². The number of fused-ring (bicyclic) bond motifs is 1. The normalized spacial score (nSPS) is 14.4. The molecule has 0 radical (unpaired) electrons. The maximum atomic E-state index is 12.4. The second-order valence-electron chi connectivity index (χ2n) is 4.38.